The lowest BCUT2D eigenvalue weighted by Crippen LogP contribution is -2.45. The minimum Gasteiger partial charge on any atom is -0.384 e. The van der Waals surface area contributed by atoms with Crippen molar-refractivity contribution in [1.82, 2.24) is 4.31 Å². The van der Waals surface area contributed by atoms with E-state index >= 15 is 0 Å². The van der Waals surface area contributed by atoms with Crippen LogP contribution in [0.15, 0.2) is 29.2 Å². The lowest BCUT2D eigenvalue weighted by atomic mass is 10.2. The Balaban J connectivity index is 2.30. The number of morpholine rings is 1. The van der Waals surface area contributed by atoms with Gasteiger partial charge in [0.25, 0.3) is 0 Å². The number of anilines is 1. The number of hydrogen-bond donors (Lipinski definition) is 1. The van der Waals surface area contributed by atoms with Gasteiger partial charge in [-0.2, -0.15) is 4.31 Å². The Morgan fingerprint density at radius 2 is 2.10 bits per heavy atom. The summed E-state index contributed by atoms with van der Waals surface area (Å²) in [6.07, 6.45) is 0.811. The van der Waals surface area contributed by atoms with Gasteiger partial charge in [0, 0.05) is 19.6 Å². The number of hydrogen-bond acceptors (Lipinski definition) is 4. The van der Waals surface area contributed by atoms with Crippen LogP contribution in [0.3, 0.4) is 0 Å². The Kier molecular flexibility index (Phi) is 5.01. The van der Waals surface area contributed by atoms with Crippen LogP contribution in [0.2, 0.25) is 0 Å². The van der Waals surface area contributed by atoms with E-state index in [9.17, 15) is 8.42 Å². The zero-order chi connectivity index (χ0) is 14.6. The maximum Gasteiger partial charge on any atom is 0.245 e. The molecule has 112 valence electrons. The normalized spacial score (nSPS) is 20.8. The van der Waals surface area contributed by atoms with Crippen LogP contribution in [-0.4, -0.2) is 45.1 Å². The highest BCUT2D eigenvalue weighted by Crippen LogP contribution is 2.26. The van der Waals surface area contributed by atoms with Gasteiger partial charge in [0.05, 0.1) is 18.4 Å². The first-order valence-electron chi connectivity index (χ1n) is 7.04. The molecule has 1 aliphatic heterocycles. The first-order chi connectivity index (χ1) is 9.59. The number of rotatable bonds is 5. The highest BCUT2D eigenvalue weighted by molar-refractivity contribution is 7.89. The van der Waals surface area contributed by atoms with Crippen molar-refractivity contribution in [3.8, 4) is 0 Å². The van der Waals surface area contributed by atoms with E-state index in [2.05, 4.69) is 5.32 Å². The van der Waals surface area contributed by atoms with Crippen LogP contribution in [0, 0.1) is 0 Å². The van der Waals surface area contributed by atoms with E-state index in [1.165, 1.54) is 4.31 Å². The van der Waals surface area contributed by atoms with Crippen LogP contribution in [0.4, 0.5) is 5.69 Å². The quantitative estimate of drug-likeness (QED) is 0.902. The fourth-order valence-electron chi connectivity index (χ4n) is 2.32. The molecule has 0 saturated carbocycles. The summed E-state index contributed by atoms with van der Waals surface area (Å²) in [5, 5.41) is 3.11. The van der Waals surface area contributed by atoms with Crippen molar-refractivity contribution in [2.45, 2.75) is 31.3 Å². The van der Waals surface area contributed by atoms with E-state index in [1.54, 1.807) is 18.2 Å². The van der Waals surface area contributed by atoms with Gasteiger partial charge in [-0.05, 0) is 25.5 Å². The summed E-state index contributed by atoms with van der Waals surface area (Å²) >= 11 is 0. The monoisotopic (exact) mass is 298 g/mol. The molecule has 1 aliphatic rings. The number of benzene rings is 1. The zero-order valence-electron chi connectivity index (χ0n) is 12.0. The third-order valence-corrected chi connectivity index (χ3v) is 5.35. The van der Waals surface area contributed by atoms with Crippen LogP contribution in [0.5, 0.6) is 0 Å². The second kappa shape index (κ2) is 6.56. The number of nitrogens with one attached hydrogen (secondary N) is 1. The van der Waals surface area contributed by atoms with Crippen molar-refractivity contribution in [2.24, 2.45) is 0 Å². The molecule has 0 bridgehead atoms. The molecule has 6 heteroatoms. The standard InChI is InChI=1S/C14H22N2O3S/c1-3-12-11-16(9-10-19-12)20(17,18)14-8-6-5-7-13(14)15-4-2/h5-8,12,15H,3-4,9-11H2,1-2H3. The van der Waals surface area contributed by atoms with Crippen molar-refractivity contribution in [2.75, 3.05) is 31.6 Å². The third kappa shape index (κ3) is 3.13. The van der Waals surface area contributed by atoms with Gasteiger partial charge < -0.3 is 10.1 Å². The highest BCUT2D eigenvalue weighted by Gasteiger charge is 2.31. The summed E-state index contributed by atoms with van der Waals surface area (Å²) in [4.78, 5) is 0.346. The molecule has 1 saturated heterocycles. The van der Waals surface area contributed by atoms with E-state index in [1.807, 2.05) is 19.9 Å². The first-order valence-corrected chi connectivity index (χ1v) is 8.48. The lowest BCUT2D eigenvalue weighted by molar-refractivity contribution is -0.00276. The fraction of sp³-hybridized carbons (Fsp3) is 0.571. The number of para-hydroxylation sites is 1. The molecule has 0 radical (unpaired) electrons. The largest absolute Gasteiger partial charge is 0.384 e. The molecule has 5 nitrogen and oxygen atoms in total. The minimum absolute atomic E-state index is 0.00942. The van der Waals surface area contributed by atoms with Crippen molar-refractivity contribution < 1.29 is 13.2 Å². The van der Waals surface area contributed by atoms with E-state index < -0.39 is 10.0 Å². The van der Waals surface area contributed by atoms with Crippen LogP contribution >= 0.6 is 0 Å². The molecule has 1 unspecified atom stereocenters. The second-order valence-electron chi connectivity index (χ2n) is 4.79. The summed E-state index contributed by atoms with van der Waals surface area (Å²) in [6, 6.07) is 7.05. The SMILES string of the molecule is CCNc1ccccc1S(=O)(=O)N1CCOC(CC)C1. The Labute approximate surface area is 121 Å². The van der Waals surface area contributed by atoms with Crippen molar-refractivity contribution in [3.05, 3.63) is 24.3 Å². The Morgan fingerprint density at radius 1 is 1.35 bits per heavy atom. The van der Waals surface area contributed by atoms with Crippen LogP contribution in [0.25, 0.3) is 0 Å². The smallest absolute Gasteiger partial charge is 0.245 e. The summed E-state index contributed by atoms with van der Waals surface area (Å²) in [7, 11) is -3.47. The molecular weight excluding hydrogens is 276 g/mol. The summed E-state index contributed by atoms with van der Waals surface area (Å²) in [5.74, 6) is 0. The maximum atomic E-state index is 12.8. The Hall–Kier alpha value is -1.11. The maximum absolute atomic E-state index is 12.8. The molecule has 0 aliphatic carbocycles. The van der Waals surface area contributed by atoms with Gasteiger partial charge in [-0.25, -0.2) is 8.42 Å². The van der Waals surface area contributed by atoms with Crippen molar-refractivity contribution in [1.29, 1.82) is 0 Å². The van der Waals surface area contributed by atoms with Crippen LogP contribution in [-0.2, 0) is 14.8 Å². The average Bonchev–Trinajstić information content (AvgIpc) is 2.48. The molecule has 0 aromatic heterocycles. The first kappa shape index (κ1) is 15.3. The van der Waals surface area contributed by atoms with Crippen LogP contribution in [0.1, 0.15) is 20.3 Å². The zero-order valence-corrected chi connectivity index (χ0v) is 12.8. The minimum atomic E-state index is -3.47. The highest BCUT2D eigenvalue weighted by atomic mass is 32.2. The van der Waals surface area contributed by atoms with Crippen LogP contribution < -0.4 is 5.32 Å². The van der Waals surface area contributed by atoms with Gasteiger partial charge in [-0.1, -0.05) is 19.1 Å². The van der Waals surface area contributed by atoms with Gasteiger partial charge in [0.2, 0.25) is 10.0 Å². The lowest BCUT2D eigenvalue weighted by Gasteiger charge is -2.32. The Bertz CT molecular complexity index is 545. The topological polar surface area (TPSA) is 58.6 Å². The van der Waals surface area contributed by atoms with Crippen molar-refractivity contribution >= 4 is 15.7 Å². The molecule has 1 fully saturated rings. The van der Waals surface area contributed by atoms with Gasteiger partial charge in [-0.15, -0.1) is 0 Å². The average molecular weight is 298 g/mol. The Morgan fingerprint density at radius 3 is 2.80 bits per heavy atom. The molecule has 2 rings (SSSR count). The van der Waals surface area contributed by atoms with E-state index in [0.29, 0.717) is 36.8 Å². The number of ether oxygens (including phenoxy) is 1. The predicted molar refractivity (Wildman–Crippen MR) is 79.4 cm³/mol. The number of nitrogens with zero attached hydrogens (tertiary/aromatic N) is 1. The fourth-order valence-corrected chi connectivity index (χ4v) is 3.95. The summed E-state index contributed by atoms with van der Waals surface area (Å²) in [5.41, 5.74) is 0.662. The summed E-state index contributed by atoms with van der Waals surface area (Å²) in [6.45, 7) is 5.95. The molecule has 1 aromatic carbocycles. The van der Waals surface area contributed by atoms with Gasteiger partial charge in [0.15, 0.2) is 0 Å². The van der Waals surface area contributed by atoms with Gasteiger partial charge in [0.1, 0.15) is 4.90 Å². The number of sulfonamides is 1. The molecule has 20 heavy (non-hydrogen) atoms. The second-order valence-corrected chi connectivity index (χ2v) is 6.70. The van der Waals surface area contributed by atoms with E-state index in [-0.39, 0.29) is 6.10 Å². The molecule has 0 amide bonds. The van der Waals surface area contributed by atoms with Gasteiger partial charge >= 0.3 is 0 Å². The van der Waals surface area contributed by atoms with E-state index in [4.69, 9.17) is 4.74 Å². The molecule has 1 heterocycles. The predicted octanol–water partition coefficient (Wildman–Crippen LogP) is 1.92. The van der Waals surface area contributed by atoms with E-state index in [0.717, 1.165) is 6.42 Å². The summed E-state index contributed by atoms with van der Waals surface area (Å²) < 4.78 is 32.6. The molecule has 0 spiro atoms. The molecule has 1 N–H and O–H groups in total. The molecular formula is C14H22N2O3S. The molecule has 1 atom stereocenters. The molecule has 1 aromatic rings. The third-order valence-electron chi connectivity index (χ3n) is 3.43. The van der Waals surface area contributed by atoms with Crippen molar-refractivity contribution in [3.63, 3.8) is 0 Å². The van der Waals surface area contributed by atoms with Gasteiger partial charge in [-0.3, -0.25) is 0 Å².